The van der Waals surface area contributed by atoms with Crippen LogP contribution in [0, 0.1) is 6.92 Å². The van der Waals surface area contributed by atoms with Gasteiger partial charge in [-0.2, -0.15) is 0 Å². The van der Waals surface area contributed by atoms with Crippen molar-refractivity contribution in [3.8, 4) is 17.4 Å². The van der Waals surface area contributed by atoms with Crippen LogP contribution in [0.25, 0.3) is 0 Å². The second kappa shape index (κ2) is 5.74. The SMILES string of the molecule is COc1cc(C)ccc1Oc1ccc(CCl)cn1. The molecular weight excluding hydrogens is 250 g/mol. The van der Waals surface area contributed by atoms with E-state index in [0.717, 1.165) is 11.1 Å². The summed E-state index contributed by atoms with van der Waals surface area (Å²) in [7, 11) is 1.62. The Balaban J connectivity index is 2.22. The Bertz CT molecular complexity index is 526. The lowest BCUT2D eigenvalue weighted by Crippen LogP contribution is -1.93. The average molecular weight is 264 g/mol. The lowest BCUT2D eigenvalue weighted by molar-refractivity contribution is 0.374. The summed E-state index contributed by atoms with van der Waals surface area (Å²) < 4.78 is 10.9. The molecule has 2 aromatic rings. The summed E-state index contributed by atoms with van der Waals surface area (Å²) in [4.78, 5) is 4.18. The Morgan fingerprint density at radius 2 is 2.00 bits per heavy atom. The molecule has 0 bridgehead atoms. The van der Waals surface area contributed by atoms with Crippen LogP contribution in [-0.4, -0.2) is 12.1 Å². The van der Waals surface area contributed by atoms with Crippen molar-refractivity contribution in [1.82, 2.24) is 4.98 Å². The van der Waals surface area contributed by atoms with Crippen molar-refractivity contribution in [2.24, 2.45) is 0 Å². The van der Waals surface area contributed by atoms with Gasteiger partial charge in [-0.05, 0) is 30.2 Å². The van der Waals surface area contributed by atoms with Crippen molar-refractivity contribution in [1.29, 1.82) is 0 Å². The third-order valence-corrected chi connectivity index (χ3v) is 2.79. The van der Waals surface area contributed by atoms with Crippen molar-refractivity contribution in [2.75, 3.05) is 7.11 Å². The van der Waals surface area contributed by atoms with Gasteiger partial charge in [-0.25, -0.2) is 4.98 Å². The molecule has 1 heterocycles. The summed E-state index contributed by atoms with van der Waals surface area (Å²) in [5, 5.41) is 0. The van der Waals surface area contributed by atoms with Crippen LogP contribution in [0.15, 0.2) is 36.5 Å². The van der Waals surface area contributed by atoms with E-state index in [4.69, 9.17) is 21.1 Å². The fourth-order valence-corrected chi connectivity index (χ4v) is 1.68. The summed E-state index contributed by atoms with van der Waals surface area (Å²) in [6, 6.07) is 9.42. The second-order valence-corrected chi connectivity index (χ2v) is 4.16. The maximum absolute atomic E-state index is 5.70. The zero-order valence-corrected chi connectivity index (χ0v) is 11.1. The van der Waals surface area contributed by atoms with E-state index in [0.29, 0.717) is 23.3 Å². The van der Waals surface area contributed by atoms with Gasteiger partial charge in [0.25, 0.3) is 0 Å². The van der Waals surface area contributed by atoms with E-state index < -0.39 is 0 Å². The number of alkyl halides is 1. The number of hydrogen-bond donors (Lipinski definition) is 0. The molecule has 0 saturated heterocycles. The Labute approximate surface area is 111 Å². The summed E-state index contributed by atoms with van der Waals surface area (Å²) in [6.07, 6.45) is 1.70. The van der Waals surface area contributed by atoms with Gasteiger partial charge < -0.3 is 9.47 Å². The zero-order chi connectivity index (χ0) is 13.0. The van der Waals surface area contributed by atoms with Crippen LogP contribution in [0.5, 0.6) is 17.4 Å². The van der Waals surface area contributed by atoms with Gasteiger partial charge in [0.15, 0.2) is 11.5 Å². The quantitative estimate of drug-likeness (QED) is 0.783. The molecule has 4 heteroatoms. The summed E-state index contributed by atoms with van der Waals surface area (Å²) in [5.41, 5.74) is 2.07. The summed E-state index contributed by atoms with van der Waals surface area (Å²) in [6.45, 7) is 2.00. The number of aromatic nitrogens is 1. The summed E-state index contributed by atoms with van der Waals surface area (Å²) in [5.74, 6) is 2.31. The van der Waals surface area contributed by atoms with Crippen molar-refractivity contribution in [3.05, 3.63) is 47.7 Å². The minimum atomic E-state index is 0.446. The summed E-state index contributed by atoms with van der Waals surface area (Å²) >= 11 is 5.70. The first-order valence-electron chi connectivity index (χ1n) is 5.56. The minimum absolute atomic E-state index is 0.446. The Hall–Kier alpha value is -1.74. The molecule has 0 aliphatic heterocycles. The van der Waals surface area contributed by atoms with Gasteiger partial charge in [0.05, 0.1) is 7.11 Å². The maximum atomic E-state index is 5.70. The van der Waals surface area contributed by atoms with Gasteiger partial charge in [-0.3, -0.25) is 0 Å². The van der Waals surface area contributed by atoms with Gasteiger partial charge in [0.2, 0.25) is 5.88 Å². The molecule has 0 atom stereocenters. The third kappa shape index (κ3) is 2.93. The highest BCUT2D eigenvalue weighted by Crippen LogP contribution is 2.31. The molecule has 0 aliphatic rings. The second-order valence-electron chi connectivity index (χ2n) is 3.89. The third-order valence-electron chi connectivity index (χ3n) is 2.49. The van der Waals surface area contributed by atoms with E-state index in [1.165, 1.54) is 0 Å². The molecule has 0 N–H and O–H groups in total. The molecule has 1 aromatic heterocycles. The first-order valence-corrected chi connectivity index (χ1v) is 6.10. The molecule has 0 spiro atoms. The van der Waals surface area contributed by atoms with E-state index in [1.807, 2.05) is 31.2 Å². The first-order chi connectivity index (χ1) is 8.72. The number of nitrogens with zero attached hydrogens (tertiary/aromatic N) is 1. The van der Waals surface area contributed by atoms with Crippen LogP contribution in [0.4, 0.5) is 0 Å². The van der Waals surface area contributed by atoms with Gasteiger partial charge in [-0.15, -0.1) is 11.6 Å². The molecule has 0 amide bonds. The van der Waals surface area contributed by atoms with E-state index in [-0.39, 0.29) is 0 Å². The van der Waals surface area contributed by atoms with Gasteiger partial charge in [0, 0.05) is 18.1 Å². The van der Waals surface area contributed by atoms with E-state index in [2.05, 4.69) is 4.98 Å². The minimum Gasteiger partial charge on any atom is -0.493 e. The lowest BCUT2D eigenvalue weighted by atomic mass is 10.2. The normalized spacial score (nSPS) is 10.2. The van der Waals surface area contributed by atoms with Gasteiger partial charge >= 0.3 is 0 Å². The molecule has 1 aromatic carbocycles. The average Bonchev–Trinajstić information content (AvgIpc) is 2.41. The molecular formula is C14H14ClNO2. The predicted molar refractivity (Wildman–Crippen MR) is 71.6 cm³/mol. The van der Waals surface area contributed by atoms with Crippen LogP contribution in [-0.2, 0) is 5.88 Å². The highest BCUT2D eigenvalue weighted by molar-refractivity contribution is 6.17. The Morgan fingerprint density at radius 3 is 2.61 bits per heavy atom. The van der Waals surface area contributed by atoms with E-state index >= 15 is 0 Å². The molecule has 94 valence electrons. The Morgan fingerprint density at radius 1 is 1.17 bits per heavy atom. The molecule has 2 rings (SSSR count). The maximum Gasteiger partial charge on any atom is 0.219 e. The van der Waals surface area contributed by atoms with Gasteiger partial charge in [-0.1, -0.05) is 12.1 Å². The highest BCUT2D eigenvalue weighted by atomic mass is 35.5. The number of ether oxygens (including phenoxy) is 2. The van der Waals surface area contributed by atoms with Crippen LogP contribution in [0.1, 0.15) is 11.1 Å². The number of hydrogen-bond acceptors (Lipinski definition) is 3. The van der Waals surface area contributed by atoms with Crippen molar-refractivity contribution >= 4 is 11.6 Å². The largest absolute Gasteiger partial charge is 0.493 e. The number of pyridine rings is 1. The Kier molecular flexibility index (Phi) is 4.05. The molecule has 0 saturated carbocycles. The van der Waals surface area contributed by atoms with Crippen molar-refractivity contribution < 1.29 is 9.47 Å². The number of aryl methyl sites for hydroxylation is 1. The molecule has 3 nitrogen and oxygen atoms in total. The van der Waals surface area contributed by atoms with E-state index in [9.17, 15) is 0 Å². The first kappa shape index (κ1) is 12.7. The number of benzene rings is 1. The topological polar surface area (TPSA) is 31.4 Å². The smallest absolute Gasteiger partial charge is 0.219 e. The molecule has 0 radical (unpaired) electrons. The van der Waals surface area contributed by atoms with Crippen LogP contribution in [0.2, 0.25) is 0 Å². The molecule has 18 heavy (non-hydrogen) atoms. The molecule has 0 fully saturated rings. The van der Waals surface area contributed by atoms with Gasteiger partial charge in [0.1, 0.15) is 0 Å². The standard InChI is InChI=1S/C14H14ClNO2/c1-10-3-5-12(13(7-10)17-2)18-14-6-4-11(8-15)9-16-14/h3-7,9H,8H2,1-2H3. The number of rotatable bonds is 4. The highest BCUT2D eigenvalue weighted by Gasteiger charge is 2.06. The number of methoxy groups -OCH3 is 1. The monoisotopic (exact) mass is 263 g/mol. The number of halogens is 1. The fraction of sp³-hybridized carbons (Fsp3) is 0.214. The van der Waals surface area contributed by atoms with Crippen LogP contribution < -0.4 is 9.47 Å². The van der Waals surface area contributed by atoms with E-state index in [1.54, 1.807) is 19.4 Å². The molecule has 0 unspecified atom stereocenters. The zero-order valence-electron chi connectivity index (χ0n) is 10.3. The molecule has 0 aliphatic carbocycles. The fourth-order valence-electron chi connectivity index (χ4n) is 1.52. The van der Waals surface area contributed by atoms with Crippen LogP contribution >= 0.6 is 11.6 Å². The van der Waals surface area contributed by atoms with Crippen molar-refractivity contribution in [2.45, 2.75) is 12.8 Å². The van der Waals surface area contributed by atoms with Crippen molar-refractivity contribution in [3.63, 3.8) is 0 Å². The predicted octanol–water partition coefficient (Wildman–Crippen LogP) is 3.93. The van der Waals surface area contributed by atoms with Crippen LogP contribution in [0.3, 0.4) is 0 Å². The lowest BCUT2D eigenvalue weighted by Gasteiger charge is -2.10.